The van der Waals surface area contributed by atoms with Crippen LogP contribution in [0, 0.1) is 6.92 Å². The van der Waals surface area contributed by atoms with Crippen molar-refractivity contribution in [1.29, 1.82) is 0 Å². The molecule has 3 rings (SSSR count). The minimum Gasteiger partial charge on any atom is -0.493 e. The Morgan fingerprint density at radius 2 is 2.04 bits per heavy atom. The van der Waals surface area contributed by atoms with Gasteiger partial charge in [0.25, 0.3) is 0 Å². The summed E-state index contributed by atoms with van der Waals surface area (Å²) in [7, 11) is 3.44. The number of nitrogens with one attached hydrogen (secondary N) is 3. The van der Waals surface area contributed by atoms with Crippen LogP contribution in [0.2, 0.25) is 5.15 Å². The van der Waals surface area contributed by atoms with E-state index in [1.54, 1.807) is 13.3 Å². The molecule has 2 heterocycles. The molecular formula is C19H23ClN6O2. The zero-order valence-electron chi connectivity index (χ0n) is 16.0. The quantitative estimate of drug-likeness (QED) is 0.466. The van der Waals surface area contributed by atoms with Gasteiger partial charge in [0.05, 0.1) is 19.9 Å². The lowest BCUT2D eigenvalue weighted by Gasteiger charge is -2.13. The number of halogens is 1. The van der Waals surface area contributed by atoms with E-state index >= 15 is 0 Å². The Bertz CT molecular complexity index is 931. The molecule has 0 saturated heterocycles. The highest BCUT2D eigenvalue weighted by molar-refractivity contribution is 6.29. The van der Waals surface area contributed by atoms with Crippen LogP contribution in [0.3, 0.4) is 0 Å². The SMILES string of the molecule is CNc1cc(C)nc(Nc2ccc(OC)c(OCCCc3ncc(Cl)[nH]3)c2)n1. The number of imidazole rings is 1. The summed E-state index contributed by atoms with van der Waals surface area (Å²) in [4.78, 5) is 16.0. The van der Waals surface area contributed by atoms with Crippen LogP contribution >= 0.6 is 11.6 Å². The number of aryl methyl sites for hydroxylation is 2. The summed E-state index contributed by atoms with van der Waals surface area (Å²) < 4.78 is 11.3. The molecule has 3 N–H and O–H groups in total. The molecule has 1 aromatic carbocycles. The summed E-state index contributed by atoms with van der Waals surface area (Å²) >= 11 is 5.83. The van der Waals surface area contributed by atoms with Crippen LogP contribution in [0.15, 0.2) is 30.5 Å². The van der Waals surface area contributed by atoms with E-state index in [0.29, 0.717) is 29.2 Å². The maximum atomic E-state index is 5.91. The van der Waals surface area contributed by atoms with Crippen LogP contribution in [-0.2, 0) is 6.42 Å². The number of hydrogen-bond donors (Lipinski definition) is 3. The van der Waals surface area contributed by atoms with Crippen LogP contribution in [0.4, 0.5) is 17.5 Å². The summed E-state index contributed by atoms with van der Waals surface area (Å²) in [6, 6.07) is 7.48. The van der Waals surface area contributed by atoms with E-state index in [1.807, 2.05) is 38.2 Å². The Labute approximate surface area is 168 Å². The number of rotatable bonds is 9. The first-order valence-electron chi connectivity index (χ1n) is 8.88. The molecule has 0 amide bonds. The van der Waals surface area contributed by atoms with Gasteiger partial charge in [0.2, 0.25) is 5.95 Å². The van der Waals surface area contributed by atoms with Crippen molar-refractivity contribution in [2.75, 3.05) is 31.4 Å². The number of hydrogen-bond acceptors (Lipinski definition) is 7. The van der Waals surface area contributed by atoms with Crippen molar-refractivity contribution in [3.05, 3.63) is 47.1 Å². The molecule has 28 heavy (non-hydrogen) atoms. The highest BCUT2D eigenvalue weighted by Gasteiger charge is 2.08. The second-order valence-corrected chi connectivity index (χ2v) is 6.50. The van der Waals surface area contributed by atoms with Gasteiger partial charge in [-0.15, -0.1) is 0 Å². The van der Waals surface area contributed by atoms with Crippen molar-refractivity contribution in [1.82, 2.24) is 19.9 Å². The van der Waals surface area contributed by atoms with Crippen molar-refractivity contribution >= 4 is 29.1 Å². The Balaban J connectivity index is 1.65. The van der Waals surface area contributed by atoms with E-state index < -0.39 is 0 Å². The number of nitrogens with zero attached hydrogens (tertiary/aromatic N) is 3. The maximum Gasteiger partial charge on any atom is 0.229 e. The van der Waals surface area contributed by atoms with Gasteiger partial charge in [0.15, 0.2) is 11.5 Å². The van der Waals surface area contributed by atoms with Crippen molar-refractivity contribution in [2.45, 2.75) is 19.8 Å². The van der Waals surface area contributed by atoms with Crippen LogP contribution < -0.4 is 20.1 Å². The molecule has 0 atom stereocenters. The summed E-state index contributed by atoms with van der Waals surface area (Å²) in [5.74, 6) is 3.40. The molecular weight excluding hydrogens is 380 g/mol. The van der Waals surface area contributed by atoms with Gasteiger partial charge in [-0.1, -0.05) is 11.6 Å². The number of H-pyrrole nitrogens is 1. The molecule has 0 aliphatic carbocycles. The van der Waals surface area contributed by atoms with Crippen molar-refractivity contribution in [3.63, 3.8) is 0 Å². The third-order valence-electron chi connectivity index (χ3n) is 3.94. The number of ether oxygens (including phenoxy) is 2. The Morgan fingerprint density at radius 3 is 2.75 bits per heavy atom. The maximum absolute atomic E-state index is 5.91. The van der Waals surface area contributed by atoms with Gasteiger partial charge in [0, 0.05) is 37.0 Å². The molecule has 148 valence electrons. The fourth-order valence-corrected chi connectivity index (χ4v) is 2.79. The van der Waals surface area contributed by atoms with E-state index in [1.165, 1.54) is 0 Å². The summed E-state index contributed by atoms with van der Waals surface area (Å²) in [5, 5.41) is 6.76. The molecule has 0 bridgehead atoms. The van der Waals surface area contributed by atoms with Gasteiger partial charge in [0.1, 0.15) is 16.8 Å². The van der Waals surface area contributed by atoms with Crippen molar-refractivity contribution in [2.24, 2.45) is 0 Å². The average molecular weight is 403 g/mol. The van der Waals surface area contributed by atoms with Crippen molar-refractivity contribution < 1.29 is 9.47 Å². The minimum absolute atomic E-state index is 0.509. The van der Waals surface area contributed by atoms with Gasteiger partial charge >= 0.3 is 0 Å². The highest BCUT2D eigenvalue weighted by atomic mass is 35.5. The Hall–Kier alpha value is -3.00. The zero-order valence-corrected chi connectivity index (χ0v) is 16.8. The van der Waals surface area contributed by atoms with Gasteiger partial charge in [-0.25, -0.2) is 9.97 Å². The van der Waals surface area contributed by atoms with E-state index in [0.717, 1.165) is 35.9 Å². The molecule has 3 aromatic rings. The summed E-state index contributed by atoms with van der Waals surface area (Å²) in [6.07, 6.45) is 3.14. The molecule has 0 unspecified atom stereocenters. The molecule has 0 aliphatic rings. The normalized spacial score (nSPS) is 10.6. The lowest BCUT2D eigenvalue weighted by atomic mass is 10.2. The number of methoxy groups -OCH3 is 1. The molecule has 8 nitrogen and oxygen atoms in total. The molecule has 0 aliphatic heterocycles. The fraction of sp³-hybridized carbons (Fsp3) is 0.316. The fourth-order valence-electron chi connectivity index (χ4n) is 2.63. The molecule has 0 fully saturated rings. The predicted molar refractivity (Wildman–Crippen MR) is 110 cm³/mol. The van der Waals surface area contributed by atoms with Crippen molar-refractivity contribution in [3.8, 4) is 11.5 Å². The van der Waals surface area contributed by atoms with Gasteiger partial charge < -0.3 is 25.1 Å². The van der Waals surface area contributed by atoms with Crippen LogP contribution in [0.5, 0.6) is 11.5 Å². The third-order valence-corrected chi connectivity index (χ3v) is 4.14. The number of anilines is 3. The predicted octanol–water partition coefficient (Wildman–Crippen LogP) is 3.97. The average Bonchev–Trinajstić information content (AvgIpc) is 3.10. The zero-order chi connectivity index (χ0) is 19.9. The molecule has 2 aromatic heterocycles. The summed E-state index contributed by atoms with van der Waals surface area (Å²) in [5.41, 5.74) is 1.67. The molecule has 0 spiro atoms. The third kappa shape index (κ3) is 5.26. The highest BCUT2D eigenvalue weighted by Crippen LogP contribution is 2.31. The van der Waals surface area contributed by atoms with Crippen LogP contribution in [0.1, 0.15) is 17.9 Å². The Kier molecular flexibility index (Phi) is 6.54. The first-order valence-corrected chi connectivity index (χ1v) is 9.26. The smallest absolute Gasteiger partial charge is 0.229 e. The molecule has 0 radical (unpaired) electrons. The minimum atomic E-state index is 0.509. The Morgan fingerprint density at radius 1 is 1.18 bits per heavy atom. The lowest BCUT2D eigenvalue weighted by molar-refractivity contribution is 0.289. The van der Waals surface area contributed by atoms with E-state index in [2.05, 4.69) is 30.6 Å². The van der Waals surface area contributed by atoms with Crippen LogP contribution in [-0.4, -0.2) is 40.7 Å². The second kappa shape index (κ2) is 9.27. The number of benzene rings is 1. The van der Waals surface area contributed by atoms with E-state index in [4.69, 9.17) is 21.1 Å². The van der Waals surface area contributed by atoms with Gasteiger partial charge in [-0.3, -0.25) is 0 Å². The topological polar surface area (TPSA) is 97.0 Å². The largest absolute Gasteiger partial charge is 0.493 e. The molecule has 0 saturated carbocycles. The number of aromatic nitrogens is 4. The first-order chi connectivity index (χ1) is 13.6. The summed E-state index contributed by atoms with van der Waals surface area (Å²) in [6.45, 7) is 2.44. The second-order valence-electron chi connectivity index (χ2n) is 6.09. The van der Waals surface area contributed by atoms with Gasteiger partial charge in [-0.05, 0) is 25.5 Å². The standard InChI is InChI=1S/C19H23ClN6O2/c1-12-9-18(21-2)26-19(23-12)24-13-6-7-14(27-3)15(10-13)28-8-4-5-17-22-11-16(20)25-17/h6-7,9-11H,4-5,8H2,1-3H3,(H,22,25)(H2,21,23,24,26). The lowest BCUT2D eigenvalue weighted by Crippen LogP contribution is -2.04. The van der Waals surface area contributed by atoms with E-state index in [-0.39, 0.29) is 0 Å². The van der Waals surface area contributed by atoms with Crippen LogP contribution in [0.25, 0.3) is 0 Å². The number of aromatic amines is 1. The van der Waals surface area contributed by atoms with Gasteiger partial charge in [-0.2, -0.15) is 4.98 Å². The first kappa shape index (κ1) is 19.8. The molecule has 9 heteroatoms. The van der Waals surface area contributed by atoms with E-state index in [9.17, 15) is 0 Å². The monoisotopic (exact) mass is 402 g/mol.